The number of benzene rings is 3. The Kier molecular flexibility index (Phi) is 8.46. The number of pyridine rings is 1. The van der Waals surface area contributed by atoms with Crippen LogP contribution in [0.5, 0.6) is 0 Å². The van der Waals surface area contributed by atoms with Crippen molar-refractivity contribution in [3.8, 4) is 11.3 Å². The van der Waals surface area contributed by atoms with Crippen molar-refractivity contribution in [2.75, 3.05) is 4.90 Å². The molecule has 1 aliphatic carbocycles. The average Bonchev–Trinajstić information content (AvgIpc) is 3.29. The molecular formula is C36H30BrClN2O5. The zero-order chi connectivity index (χ0) is 32.0. The van der Waals surface area contributed by atoms with Crippen LogP contribution in [0.1, 0.15) is 53.5 Å². The van der Waals surface area contributed by atoms with Crippen LogP contribution >= 0.6 is 27.5 Å². The number of nitrogens with zero attached hydrogens (tertiary/aromatic N) is 2. The van der Waals surface area contributed by atoms with Gasteiger partial charge in [0, 0.05) is 26.0 Å². The molecule has 0 bridgehead atoms. The number of fused-ring (bicyclic) bond motifs is 2. The number of amides is 2. The molecule has 228 valence electrons. The van der Waals surface area contributed by atoms with E-state index in [9.17, 15) is 19.2 Å². The topological polar surface area (TPSA) is 93.6 Å². The van der Waals surface area contributed by atoms with Gasteiger partial charge in [-0.05, 0) is 73.7 Å². The van der Waals surface area contributed by atoms with Gasteiger partial charge in [-0.25, -0.2) is 9.78 Å². The number of hydrogen-bond donors (Lipinski definition) is 0. The summed E-state index contributed by atoms with van der Waals surface area (Å²) in [5.41, 5.74) is 3.87. The highest BCUT2D eigenvalue weighted by Gasteiger charge is 2.50. The molecule has 6 rings (SSSR count). The maximum Gasteiger partial charge on any atom is 0.339 e. The number of ketones is 1. The van der Waals surface area contributed by atoms with Crippen molar-refractivity contribution >= 4 is 67.7 Å². The number of aromatic nitrogens is 1. The Bertz CT molecular complexity index is 1900. The van der Waals surface area contributed by atoms with E-state index in [0.717, 1.165) is 10.0 Å². The van der Waals surface area contributed by atoms with E-state index >= 15 is 0 Å². The van der Waals surface area contributed by atoms with Crippen LogP contribution < -0.4 is 4.90 Å². The Balaban J connectivity index is 1.35. The lowest BCUT2D eigenvalue weighted by Crippen LogP contribution is -2.31. The molecule has 9 heteroatoms. The van der Waals surface area contributed by atoms with Crippen LogP contribution in [0.25, 0.3) is 22.2 Å². The number of ether oxygens (including phenoxy) is 1. The van der Waals surface area contributed by atoms with Crippen LogP contribution in [-0.2, 0) is 20.7 Å². The maximum absolute atomic E-state index is 13.7. The van der Waals surface area contributed by atoms with Crippen LogP contribution in [0.15, 0.2) is 83.4 Å². The molecule has 0 spiro atoms. The van der Waals surface area contributed by atoms with Gasteiger partial charge in [0.05, 0.1) is 34.3 Å². The van der Waals surface area contributed by atoms with E-state index in [1.807, 2.05) is 38.1 Å². The molecule has 2 heterocycles. The number of imide groups is 1. The quantitative estimate of drug-likeness (QED) is 0.0847. The molecule has 0 saturated carbocycles. The van der Waals surface area contributed by atoms with Crippen molar-refractivity contribution < 1.29 is 23.9 Å². The fourth-order valence-electron chi connectivity index (χ4n) is 6.28. The van der Waals surface area contributed by atoms with E-state index in [1.165, 1.54) is 17.9 Å². The third-order valence-electron chi connectivity index (χ3n) is 8.61. The number of esters is 1. The van der Waals surface area contributed by atoms with E-state index in [1.54, 1.807) is 48.5 Å². The number of anilines is 1. The summed E-state index contributed by atoms with van der Waals surface area (Å²) < 4.78 is 6.49. The molecule has 1 saturated heterocycles. The summed E-state index contributed by atoms with van der Waals surface area (Å²) in [7, 11) is 0. The number of Topliss-reactive ketones (excluding diaryl/α,β-unsaturated/α-hetero) is 1. The molecule has 7 nitrogen and oxygen atoms in total. The smallest absolute Gasteiger partial charge is 0.339 e. The van der Waals surface area contributed by atoms with Crippen LogP contribution in [0, 0.1) is 17.8 Å². The standard InChI is InChI=1S/C36H30BrClN2O5/c1-4-21-15-24(37)17-28-29(36(44)45-20(3)33(41)23-8-6-9-25(38)16-23)18-30(39-32(21)28)22-11-13-26(14-12-22)40-34(42)27-10-5-7-19(2)31(27)35(40)43/h5-9,11-20,27,31H,4,10H2,1-3H3. The fourth-order valence-corrected chi connectivity index (χ4v) is 6.98. The van der Waals surface area contributed by atoms with E-state index in [0.29, 0.717) is 51.3 Å². The fraction of sp³-hybridized carbons (Fsp3) is 0.250. The second-order valence-corrected chi connectivity index (χ2v) is 12.9. The highest BCUT2D eigenvalue weighted by Crippen LogP contribution is 2.41. The van der Waals surface area contributed by atoms with E-state index < -0.39 is 12.1 Å². The molecular weight excluding hydrogens is 656 g/mol. The Labute approximate surface area is 274 Å². The number of carbonyl (C=O) groups excluding carboxylic acids is 4. The van der Waals surface area contributed by atoms with Crippen molar-refractivity contribution in [3.63, 3.8) is 0 Å². The zero-order valence-electron chi connectivity index (χ0n) is 24.9. The van der Waals surface area contributed by atoms with Gasteiger partial charge < -0.3 is 4.74 Å². The summed E-state index contributed by atoms with van der Waals surface area (Å²) in [6.07, 6.45) is 4.15. The first-order valence-electron chi connectivity index (χ1n) is 14.9. The number of halogens is 2. The molecule has 2 aliphatic rings. The lowest BCUT2D eigenvalue weighted by atomic mass is 9.78. The average molecular weight is 686 g/mol. The molecule has 1 fully saturated rings. The predicted octanol–water partition coefficient (Wildman–Crippen LogP) is 8.01. The van der Waals surface area contributed by atoms with Crippen LogP contribution in [0.4, 0.5) is 5.69 Å². The monoisotopic (exact) mass is 684 g/mol. The van der Waals surface area contributed by atoms with Gasteiger partial charge in [-0.1, -0.05) is 77.8 Å². The molecule has 1 aliphatic heterocycles. The molecule has 3 aromatic carbocycles. The minimum atomic E-state index is -1.06. The van der Waals surface area contributed by atoms with Gasteiger partial charge in [-0.15, -0.1) is 0 Å². The third-order valence-corrected chi connectivity index (χ3v) is 9.31. The summed E-state index contributed by atoms with van der Waals surface area (Å²) >= 11 is 9.61. The van der Waals surface area contributed by atoms with E-state index in [4.69, 9.17) is 21.3 Å². The van der Waals surface area contributed by atoms with Gasteiger partial charge in [0.15, 0.2) is 6.10 Å². The number of hydrogen-bond acceptors (Lipinski definition) is 6. The van der Waals surface area contributed by atoms with Crippen LogP contribution in [0.3, 0.4) is 0 Å². The van der Waals surface area contributed by atoms with Crippen molar-refractivity contribution in [1.82, 2.24) is 4.98 Å². The molecule has 0 radical (unpaired) electrons. The second-order valence-electron chi connectivity index (χ2n) is 11.5. The highest BCUT2D eigenvalue weighted by atomic mass is 79.9. The first-order chi connectivity index (χ1) is 21.6. The predicted molar refractivity (Wildman–Crippen MR) is 177 cm³/mol. The molecule has 4 unspecified atom stereocenters. The summed E-state index contributed by atoms with van der Waals surface area (Å²) in [5.74, 6) is -2.08. The molecule has 4 aromatic rings. The minimum Gasteiger partial charge on any atom is -0.451 e. The number of rotatable bonds is 7. The number of carbonyl (C=O) groups is 4. The maximum atomic E-state index is 13.7. The third kappa shape index (κ3) is 5.73. The highest BCUT2D eigenvalue weighted by molar-refractivity contribution is 9.10. The lowest BCUT2D eigenvalue weighted by Gasteiger charge is -2.22. The Morgan fingerprint density at radius 2 is 1.82 bits per heavy atom. The molecule has 0 N–H and O–H groups in total. The van der Waals surface area contributed by atoms with Gasteiger partial charge in [0.2, 0.25) is 17.6 Å². The van der Waals surface area contributed by atoms with Gasteiger partial charge in [-0.3, -0.25) is 19.3 Å². The largest absolute Gasteiger partial charge is 0.451 e. The zero-order valence-corrected chi connectivity index (χ0v) is 27.3. The van der Waals surface area contributed by atoms with E-state index in [2.05, 4.69) is 15.9 Å². The van der Waals surface area contributed by atoms with Crippen molar-refractivity contribution in [2.24, 2.45) is 17.8 Å². The van der Waals surface area contributed by atoms with Gasteiger partial charge in [0.1, 0.15) is 0 Å². The first kappa shape index (κ1) is 30.9. The molecule has 2 amide bonds. The lowest BCUT2D eigenvalue weighted by molar-refractivity contribution is -0.122. The van der Waals surface area contributed by atoms with Gasteiger partial charge in [-0.2, -0.15) is 0 Å². The molecule has 4 atom stereocenters. The Morgan fingerprint density at radius 3 is 2.51 bits per heavy atom. The second kappa shape index (κ2) is 12.3. The minimum absolute atomic E-state index is 0.000698. The molecule has 45 heavy (non-hydrogen) atoms. The Morgan fingerprint density at radius 1 is 1.07 bits per heavy atom. The normalized spacial score (nSPS) is 19.9. The van der Waals surface area contributed by atoms with E-state index in [-0.39, 0.29) is 40.9 Å². The summed E-state index contributed by atoms with van der Waals surface area (Å²) in [4.78, 5) is 59.5. The van der Waals surface area contributed by atoms with Crippen LogP contribution in [-0.4, -0.2) is 34.7 Å². The van der Waals surface area contributed by atoms with Crippen molar-refractivity contribution in [1.29, 1.82) is 0 Å². The molecule has 1 aromatic heterocycles. The van der Waals surface area contributed by atoms with Crippen molar-refractivity contribution in [3.05, 3.63) is 105 Å². The van der Waals surface area contributed by atoms with Gasteiger partial charge in [0.25, 0.3) is 0 Å². The number of aryl methyl sites for hydroxylation is 1. The summed E-state index contributed by atoms with van der Waals surface area (Å²) in [6, 6.07) is 19.0. The summed E-state index contributed by atoms with van der Waals surface area (Å²) in [6.45, 7) is 5.51. The van der Waals surface area contributed by atoms with Crippen molar-refractivity contribution in [2.45, 2.75) is 39.7 Å². The van der Waals surface area contributed by atoms with Gasteiger partial charge >= 0.3 is 5.97 Å². The SMILES string of the molecule is CCc1cc(Br)cc2c(C(=O)OC(C)C(=O)c3cccc(Cl)c3)cc(-c3ccc(N4C(=O)C5CC=CC(C)C5C4=O)cc3)nc12. The summed E-state index contributed by atoms with van der Waals surface area (Å²) in [5, 5.41) is 1.00. The number of allylic oxidation sites excluding steroid dienone is 2. The first-order valence-corrected chi connectivity index (χ1v) is 16.0. The van der Waals surface area contributed by atoms with Crippen LogP contribution in [0.2, 0.25) is 5.02 Å². The Hall–Kier alpha value is -4.14.